The lowest BCUT2D eigenvalue weighted by Crippen LogP contribution is -2.41. The van der Waals surface area contributed by atoms with Gasteiger partial charge in [0.1, 0.15) is 0 Å². The molecule has 2 aliphatic carbocycles. The van der Waals surface area contributed by atoms with Crippen LogP contribution in [0.2, 0.25) is 0 Å². The van der Waals surface area contributed by atoms with Crippen molar-refractivity contribution in [2.45, 2.75) is 63.8 Å². The van der Waals surface area contributed by atoms with Gasteiger partial charge in [-0.2, -0.15) is 0 Å². The van der Waals surface area contributed by atoms with E-state index in [-0.39, 0.29) is 0 Å². The van der Waals surface area contributed by atoms with Crippen LogP contribution in [0.1, 0.15) is 57.8 Å². The van der Waals surface area contributed by atoms with Crippen molar-refractivity contribution in [2.75, 3.05) is 20.1 Å². The average Bonchev–Trinajstić information content (AvgIpc) is 2.40. The molecule has 0 aliphatic heterocycles. The maximum absolute atomic E-state index is 5.93. The maximum Gasteiger partial charge on any atom is 0.00923 e. The Kier molecular flexibility index (Phi) is 5.30. The minimum absolute atomic E-state index is 0.801. The van der Waals surface area contributed by atoms with Gasteiger partial charge in [-0.15, -0.1) is 0 Å². The summed E-state index contributed by atoms with van der Waals surface area (Å²) in [5.41, 5.74) is 5.93. The Bertz CT molecular complexity index is 211. The molecular weight excluding hydrogens is 208 g/mol. The largest absolute Gasteiger partial charge is 0.330 e. The van der Waals surface area contributed by atoms with Gasteiger partial charge in [0.15, 0.2) is 0 Å². The third-order valence-electron chi connectivity index (χ3n) is 5.09. The number of nitrogens with zero attached hydrogens (tertiary/aromatic N) is 1. The second kappa shape index (κ2) is 6.75. The van der Waals surface area contributed by atoms with E-state index in [2.05, 4.69) is 11.9 Å². The standard InChI is InChI=1S/C15H30N2/c1-17(15-9-3-2-4-10-15)12-14-8-6-5-7-13(14)11-16/h13-15H,2-12,16H2,1H3. The van der Waals surface area contributed by atoms with E-state index in [0.29, 0.717) is 0 Å². The molecule has 0 saturated heterocycles. The first-order chi connectivity index (χ1) is 8.31. The van der Waals surface area contributed by atoms with Crippen molar-refractivity contribution in [2.24, 2.45) is 17.6 Å². The van der Waals surface area contributed by atoms with E-state index in [1.807, 2.05) is 0 Å². The van der Waals surface area contributed by atoms with Crippen LogP contribution in [0.3, 0.4) is 0 Å². The van der Waals surface area contributed by atoms with Gasteiger partial charge in [0.2, 0.25) is 0 Å². The number of hydrogen-bond donors (Lipinski definition) is 1. The fourth-order valence-electron chi connectivity index (χ4n) is 3.88. The Labute approximate surface area is 107 Å². The highest BCUT2D eigenvalue weighted by Gasteiger charge is 2.27. The monoisotopic (exact) mass is 238 g/mol. The lowest BCUT2D eigenvalue weighted by Gasteiger charge is -2.38. The van der Waals surface area contributed by atoms with Crippen molar-refractivity contribution < 1.29 is 0 Å². The third kappa shape index (κ3) is 3.69. The number of hydrogen-bond acceptors (Lipinski definition) is 2. The predicted octanol–water partition coefficient (Wildman–Crippen LogP) is 3.02. The molecule has 0 radical (unpaired) electrons. The van der Waals surface area contributed by atoms with Gasteiger partial charge in [0.25, 0.3) is 0 Å². The van der Waals surface area contributed by atoms with Crippen LogP contribution in [0, 0.1) is 11.8 Å². The van der Waals surface area contributed by atoms with Gasteiger partial charge in [-0.25, -0.2) is 0 Å². The van der Waals surface area contributed by atoms with Crippen molar-refractivity contribution in [3.8, 4) is 0 Å². The van der Waals surface area contributed by atoms with Crippen molar-refractivity contribution in [1.29, 1.82) is 0 Å². The molecule has 2 nitrogen and oxygen atoms in total. The van der Waals surface area contributed by atoms with Gasteiger partial charge >= 0.3 is 0 Å². The first-order valence-corrected chi connectivity index (χ1v) is 7.71. The van der Waals surface area contributed by atoms with Crippen molar-refractivity contribution in [3.05, 3.63) is 0 Å². The Balaban J connectivity index is 1.81. The van der Waals surface area contributed by atoms with Gasteiger partial charge in [-0.1, -0.05) is 32.1 Å². The van der Waals surface area contributed by atoms with Crippen LogP contribution in [-0.2, 0) is 0 Å². The molecule has 0 amide bonds. The fourth-order valence-corrected chi connectivity index (χ4v) is 3.88. The van der Waals surface area contributed by atoms with E-state index in [9.17, 15) is 0 Å². The molecular formula is C15H30N2. The van der Waals surface area contributed by atoms with E-state index in [1.165, 1.54) is 64.3 Å². The normalized spacial score (nSPS) is 31.9. The molecule has 0 bridgehead atoms. The zero-order valence-electron chi connectivity index (χ0n) is 11.5. The second-order valence-corrected chi connectivity index (χ2v) is 6.27. The average molecular weight is 238 g/mol. The third-order valence-corrected chi connectivity index (χ3v) is 5.09. The summed E-state index contributed by atoms with van der Waals surface area (Å²) in [7, 11) is 2.35. The molecule has 2 saturated carbocycles. The first-order valence-electron chi connectivity index (χ1n) is 7.71. The molecule has 2 aliphatic rings. The molecule has 0 spiro atoms. The Morgan fingerprint density at radius 2 is 1.47 bits per heavy atom. The lowest BCUT2D eigenvalue weighted by molar-refractivity contribution is 0.122. The molecule has 2 rings (SSSR count). The van der Waals surface area contributed by atoms with Crippen LogP contribution >= 0.6 is 0 Å². The smallest absolute Gasteiger partial charge is 0.00923 e. The highest BCUT2D eigenvalue weighted by atomic mass is 15.1. The van der Waals surface area contributed by atoms with Gasteiger partial charge in [0.05, 0.1) is 0 Å². The Morgan fingerprint density at radius 3 is 2.12 bits per heavy atom. The Morgan fingerprint density at radius 1 is 0.882 bits per heavy atom. The summed E-state index contributed by atoms with van der Waals surface area (Å²) in [6.45, 7) is 2.20. The number of rotatable bonds is 4. The van der Waals surface area contributed by atoms with Crippen molar-refractivity contribution in [3.63, 3.8) is 0 Å². The molecule has 2 atom stereocenters. The highest BCUT2D eigenvalue weighted by molar-refractivity contribution is 4.81. The molecule has 0 aromatic carbocycles. The molecule has 0 aromatic heterocycles. The van der Waals surface area contributed by atoms with Crippen molar-refractivity contribution >= 4 is 0 Å². The minimum Gasteiger partial charge on any atom is -0.330 e. The van der Waals surface area contributed by atoms with E-state index in [1.54, 1.807) is 0 Å². The summed E-state index contributed by atoms with van der Waals surface area (Å²) in [6, 6.07) is 0.865. The van der Waals surface area contributed by atoms with Crippen LogP contribution in [0.5, 0.6) is 0 Å². The SMILES string of the molecule is CN(CC1CCCCC1CN)C1CCCCC1. The van der Waals surface area contributed by atoms with E-state index < -0.39 is 0 Å². The molecule has 100 valence electrons. The minimum atomic E-state index is 0.801. The summed E-state index contributed by atoms with van der Waals surface area (Å²) >= 11 is 0. The predicted molar refractivity (Wildman–Crippen MR) is 74.0 cm³/mol. The van der Waals surface area contributed by atoms with Crippen molar-refractivity contribution in [1.82, 2.24) is 4.90 Å². The second-order valence-electron chi connectivity index (χ2n) is 6.27. The summed E-state index contributed by atoms with van der Waals surface area (Å²) in [5, 5.41) is 0. The molecule has 2 N–H and O–H groups in total. The van der Waals surface area contributed by atoms with Gasteiger partial charge in [-0.05, 0) is 51.1 Å². The van der Waals surface area contributed by atoms with Gasteiger partial charge in [-0.3, -0.25) is 0 Å². The first kappa shape index (κ1) is 13.4. The Hall–Kier alpha value is -0.0800. The molecule has 0 aromatic rings. The van der Waals surface area contributed by atoms with E-state index in [4.69, 9.17) is 5.73 Å². The molecule has 2 unspecified atom stereocenters. The van der Waals surface area contributed by atoms with Crippen LogP contribution in [0.25, 0.3) is 0 Å². The molecule has 0 heterocycles. The fraction of sp³-hybridized carbons (Fsp3) is 1.00. The van der Waals surface area contributed by atoms with Crippen LogP contribution < -0.4 is 5.73 Å². The quantitative estimate of drug-likeness (QED) is 0.816. The maximum atomic E-state index is 5.93. The number of nitrogens with two attached hydrogens (primary N) is 1. The molecule has 2 fully saturated rings. The highest BCUT2D eigenvalue weighted by Crippen LogP contribution is 2.31. The zero-order chi connectivity index (χ0) is 12.1. The van der Waals surface area contributed by atoms with Crippen LogP contribution in [0.15, 0.2) is 0 Å². The van der Waals surface area contributed by atoms with E-state index in [0.717, 1.165) is 24.4 Å². The summed E-state index contributed by atoms with van der Waals surface area (Å²) in [5.74, 6) is 1.68. The molecule has 17 heavy (non-hydrogen) atoms. The van der Waals surface area contributed by atoms with Gasteiger partial charge in [0, 0.05) is 12.6 Å². The van der Waals surface area contributed by atoms with Crippen LogP contribution in [0.4, 0.5) is 0 Å². The zero-order valence-corrected chi connectivity index (χ0v) is 11.5. The summed E-state index contributed by atoms with van der Waals surface area (Å²) < 4.78 is 0. The van der Waals surface area contributed by atoms with E-state index >= 15 is 0 Å². The molecule has 2 heteroatoms. The van der Waals surface area contributed by atoms with Crippen LogP contribution in [-0.4, -0.2) is 31.1 Å². The topological polar surface area (TPSA) is 29.3 Å². The summed E-state index contributed by atoms with van der Waals surface area (Å²) in [4.78, 5) is 2.65. The van der Waals surface area contributed by atoms with Gasteiger partial charge < -0.3 is 10.6 Å². The lowest BCUT2D eigenvalue weighted by atomic mass is 9.78. The summed E-state index contributed by atoms with van der Waals surface area (Å²) in [6.07, 6.45) is 12.8.